The van der Waals surface area contributed by atoms with Crippen molar-refractivity contribution < 1.29 is 14.4 Å². The fourth-order valence-corrected chi connectivity index (χ4v) is 2.79. The summed E-state index contributed by atoms with van der Waals surface area (Å²) in [7, 11) is 0. The average molecular weight is 282 g/mol. The van der Waals surface area contributed by atoms with Crippen LogP contribution in [0.25, 0.3) is 0 Å². The molecule has 7 nitrogen and oxygen atoms in total. The van der Waals surface area contributed by atoms with Crippen molar-refractivity contribution in [3.63, 3.8) is 0 Å². The van der Waals surface area contributed by atoms with Gasteiger partial charge in [0.2, 0.25) is 0 Å². The molecule has 1 atom stereocenters. The summed E-state index contributed by atoms with van der Waals surface area (Å²) in [5, 5.41) is 2.57. The molecule has 0 spiro atoms. The molecule has 0 saturated carbocycles. The van der Waals surface area contributed by atoms with E-state index < -0.39 is 11.8 Å². The van der Waals surface area contributed by atoms with Gasteiger partial charge in [0, 0.05) is 38.8 Å². The molecule has 0 radical (unpaired) electrons. The smallest absolute Gasteiger partial charge is 0.320 e. The van der Waals surface area contributed by atoms with Crippen LogP contribution in [-0.2, 0) is 9.59 Å². The topological polar surface area (TPSA) is 73.0 Å². The number of hydrogen-bond acceptors (Lipinski definition) is 3. The van der Waals surface area contributed by atoms with Crippen LogP contribution in [0.15, 0.2) is 0 Å². The molecule has 2 heterocycles. The number of carbonyl (C=O) groups is 3. The van der Waals surface area contributed by atoms with Crippen molar-refractivity contribution in [1.29, 1.82) is 0 Å². The molecule has 2 aliphatic rings. The number of rotatable bonds is 2. The highest BCUT2D eigenvalue weighted by molar-refractivity contribution is 6.35. The summed E-state index contributed by atoms with van der Waals surface area (Å²) >= 11 is 0. The van der Waals surface area contributed by atoms with Crippen LogP contribution >= 0.6 is 0 Å². The molecule has 0 aromatic rings. The van der Waals surface area contributed by atoms with Crippen molar-refractivity contribution in [3.05, 3.63) is 0 Å². The van der Waals surface area contributed by atoms with Gasteiger partial charge in [-0.05, 0) is 20.8 Å². The maximum Gasteiger partial charge on any atom is 0.320 e. The highest BCUT2D eigenvalue weighted by atomic mass is 16.2. The largest absolute Gasteiger partial charge is 0.346 e. The summed E-state index contributed by atoms with van der Waals surface area (Å²) < 4.78 is 0. The Morgan fingerprint density at radius 3 is 2.70 bits per heavy atom. The van der Waals surface area contributed by atoms with Gasteiger partial charge >= 0.3 is 17.8 Å². The van der Waals surface area contributed by atoms with Crippen LogP contribution in [0.5, 0.6) is 0 Å². The predicted molar refractivity (Wildman–Crippen MR) is 73.0 cm³/mol. The molecule has 0 unspecified atom stereocenters. The summed E-state index contributed by atoms with van der Waals surface area (Å²) in [6.07, 6.45) is 0. The quantitative estimate of drug-likeness (QED) is 0.693. The zero-order chi connectivity index (χ0) is 14.9. The van der Waals surface area contributed by atoms with Gasteiger partial charge in [0.05, 0.1) is 6.04 Å². The monoisotopic (exact) mass is 282 g/mol. The normalized spacial score (nSPS) is 22.7. The van der Waals surface area contributed by atoms with Crippen molar-refractivity contribution >= 4 is 17.8 Å². The SMILES string of the molecule is CCN(C(=O)N1CCN2C(=O)C(=O)NC[C@H]2C1)C(C)C. The second-order valence-electron chi connectivity index (χ2n) is 5.47. The van der Waals surface area contributed by atoms with E-state index in [1.54, 1.807) is 14.7 Å². The minimum absolute atomic E-state index is 0.00602. The minimum atomic E-state index is -0.543. The second-order valence-corrected chi connectivity index (χ2v) is 5.47. The van der Waals surface area contributed by atoms with E-state index in [2.05, 4.69) is 5.32 Å². The van der Waals surface area contributed by atoms with Gasteiger partial charge in [-0.3, -0.25) is 9.59 Å². The number of hydrogen-bond donors (Lipinski definition) is 1. The van der Waals surface area contributed by atoms with E-state index >= 15 is 0 Å². The lowest BCUT2D eigenvalue weighted by Gasteiger charge is -2.44. The van der Waals surface area contributed by atoms with Gasteiger partial charge < -0.3 is 20.0 Å². The summed E-state index contributed by atoms with van der Waals surface area (Å²) in [4.78, 5) is 40.7. The Balaban J connectivity index is 2.03. The third-order valence-corrected chi connectivity index (χ3v) is 3.92. The first kappa shape index (κ1) is 14.6. The van der Waals surface area contributed by atoms with Gasteiger partial charge in [-0.15, -0.1) is 0 Å². The Labute approximate surface area is 118 Å². The van der Waals surface area contributed by atoms with Gasteiger partial charge in [-0.2, -0.15) is 0 Å². The molecule has 20 heavy (non-hydrogen) atoms. The molecule has 0 bridgehead atoms. The molecular formula is C13H22N4O3. The number of fused-ring (bicyclic) bond motifs is 1. The van der Waals surface area contributed by atoms with Crippen LogP contribution in [0, 0.1) is 0 Å². The van der Waals surface area contributed by atoms with E-state index in [1.807, 2.05) is 20.8 Å². The Morgan fingerprint density at radius 1 is 1.40 bits per heavy atom. The first-order chi connectivity index (χ1) is 9.45. The molecule has 2 fully saturated rings. The van der Waals surface area contributed by atoms with Gasteiger partial charge in [0.25, 0.3) is 0 Å². The van der Waals surface area contributed by atoms with Crippen molar-refractivity contribution in [2.45, 2.75) is 32.9 Å². The van der Waals surface area contributed by atoms with Crippen molar-refractivity contribution in [2.75, 3.05) is 32.7 Å². The lowest BCUT2D eigenvalue weighted by Crippen LogP contribution is -2.67. The number of nitrogens with zero attached hydrogens (tertiary/aromatic N) is 3. The maximum absolute atomic E-state index is 12.5. The maximum atomic E-state index is 12.5. The van der Waals surface area contributed by atoms with E-state index in [9.17, 15) is 14.4 Å². The summed E-state index contributed by atoms with van der Waals surface area (Å²) in [5.74, 6) is -1.03. The van der Waals surface area contributed by atoms with Gasteiger partial charge in [0.15, 0.2) is 0 Å². The van der Waals surface area contributed by atoms with Crippen LogP contribution in [0.3, 0.4) is 0 Å². The fraction of sp³-hybridized carbons (Fsp3) is 0.769. The average Bonchev–Trinajstić information content (AvgIpc) is 2.43. The van der Waals surface area contributed by atoms with Crippen LogP contribution in [0.4, 0.5) is 4.79 Å². The van der Waals surface area contributed by atoms with Gasteiger partial charge in [-0.25, -0.2) is 4.79 Å². The van der Waals surface area contributed by atoms with Gasteiger partial charge in [-0.1, -0.05) is 0 Å². The third kappa shape index (κ3) is 2.57. The van der Waals surface area contributed by atoms with E-state index in [0.29, 0.717) is 32.7 Å². The molecule has 7 heteroatoms. The highest BCUT2D eigenvalue weighted by Gasteiger charge is 2.39. The standard InChI is InChI=1S/C13H22N4O3/c1-4-16(9(2)3)13(20)15-5-6-17-10(8-15)7-14-11(18)12(17)19/h9-10H,4-8H2,1-3H3,(H,14,18)/t10-/m0/s1. The van der Waals surface area contributed by atoms with Gasteiger partial charge in [0.1, 0.15) is 0 Å². The Morgan fingerprint density at radius 2 is 2.10 bits per heavy atom. The molecule has 0 aromatic heterocycles. The van der Waals surface area contributed by atoms with Crippen molar-refractivity contribution in [3.8, 4) is 0 Å². The zero-order valence-electron chi connectivity index (χ0n) is 12.3. The summed E-state index contributed by atoms with van der Waals surface area (Å²) in [5.41, 5.74) is 0. The third-order valence-electron chi connectivity index (χ3n) is 3.92. The number of piperazine rings is 2. The predicted octanol–water partition coefficient (Wildman–Crippen LogP) is -0.521. The van der Waals surface area contributed by atoms with Crippen LogP contribution < -0.4 is 5.32 Å². The number of nitrogens with one attached hydrogen (secondary N) is 1. The zero-order valence-corrected chi connectivity index (χ0v) is 12.3. The Hall–Kier alpha value is -1.79. The molecule has 2 saturated heterocycles. The lowest BCUT2D eigenvalue weighted by molar-refractivity contribution is -0.152. The Kier molecular flexibility index (Phi) is 4.15. The first-order valence-electron chi connectivity index (χ1n) is 7.10. The van der Waals surface area contributed by atoms with Crippen molar-refractivity contribution in [1.82, 2.24) is 20.0 Å². The number of carbonyl (C=O) groups excluding carboxylic acids is 3. The molecule has 112 valence electrons. The van der Waals surface area contributed by atoms with E-state index in [1.165, 1.54) is 0 Å². The molecule has 0 aromatic carbocycles. The van der Waals surface area contributed by atoms with E-state index in [-0.39, 0.29) is 18.1 Å². The number of urea groups is 1. The first-order valence-corrected chi connectivity index (χ1v) is 7.10. The highest BCUT2D eigenvalue weighted by Crippen LogP contribution is 2.15. The van der Waals surface area contributed by atoms with E-state index in [0.717, 1.165) is 0 Å². The van der Waals surface area contributed by atoms with Crippen molar-refractivity contribution in [2.24, 2.45) is 0 Å². The summed E-state index contributed by atoms with van der Waals surface area (Å²) in [6, 6.07) is 0.0495. The second kappa shape index (κ2) is 5.68. The van der Waals surface area contributed by atoms with Crippen LogP contribution in [0.1, 0.15) is 20.8 Å². The molecule has 2 rings (SSSR count). The van der Waals surface area contributed by atoms with Crippen LogP contribution in [0.2, 0.25) is 0 Å². The van der Waals surface area contributed by atoms with Crippen LogP contribution in [-0.4, -0.2) is 77.4 Å². The molecule has 1 N–H and O–H groups in total. The molecular weight excluding hydrogens is 260 g/mol. The minimum Gasteiger partial charge on any atom is -0.346 e. The number of amides is 4. The molecule has 2 aliphatic heterocycles. The fourth-order valence-electron chi connectivity index (χ4n) is 2.79. The lowest BCUT2D eigenvalue weighted by atomic mass is 10.1. The summed E-state index contributed by atoms with van der Waals surface area (Å²) in [6.45, 7) is 8.41. The molecule has 0 aliphatic carbocycles. The Bertz CT molecular complexity index is 424. The van der Waals surface area contributed by atoms with E-state index in [4.69, 9.17) is 0 Å². The molecule has 4 amide bonds.